The second kappa shape index (κ2) is 8.06. The average molecular weight is 320 g/mol. The monoisotopic (exact) mass is 320 g/mol. The normalized spacial score (nSPS) is 31.2. The Morgan fingerprint density at radius 3 is 2.00 bits per heavy atom. The number of carbonyl (C=O) groups excluding carboxylic acids is 3. The third kappa shape index (κ3) is 4.93. The highest BCUT2D eigenvalue weighted by molar-refractivity contribution is 5.67. The molecule has 1 N–H and O–H groups in total. The minimum atomic E-state index is -1.40. The molecule has 22 heavy (non-hydrogen) atoms. The first kappa shape index (κ1) is 18.3. The lowest BCUT2D eigenvalue weighted by molar-refractivity contribution is -0.300. The molecule has 0 aliphatic carbocycles. The van der Waals surface area contributed by atoms with Crippen LogP contribution < -0.4 is 0 Å². The van der Waals surface area contributed by atoms with Crippen LogP contribution in [-0.4, -0.2) is 67.4 Å². The molecule has 126 valence electrons. The highest BCUT2D eigenvalue weighted by Crippen LogP contribution is 2.27. The minimum Gasteiger partial charge on any atom is -0.463 e. The number of ether oxygens (including phenoxy) is 5. The SMILES string of the molecule is CO[C@@H]1O[C@H](COC(C)=O)[C@@H](OC(C)=O)[C@H](O)[C@H]1OC(C)=O. The molecule has 0 saturated carbocycles. The molecule has 1 aliphatic heterocycles. The Morgan fingerprint density at radius 2 is 1.55 bits per heavy atom. The average Bonchev–Trinajstić information content (AvgIpc) is 2.41. The highest BCUT2D eigenvalue weighted by atomic mass is 16.7. The molecule has 0 aromatic carbocycles. The van der Waals surface area contributed by atoms with Crippen molar-refractivity contribution in [3.63, 3.8) is 0 Å². The summed E-state index contributed by atoms with van der Waals surface area (Å²) >= 11 is 0. The lowest BCUT2D eigenvalue weighted by Crippen LogP contribution is -2.61. The van der Waals surface area contributed by atoms with Crippen molar-refractivity contribution in [2.45, 2.75) is 51.5 Å². The van der Waals surface area contributed by atoms with Gasteiger partial charge in [-0.05, 0) is 0 Å². The van der Waals surface area contributed by atoms with Gasteiger partial charge in [0.05, 0.1) is 0 Å². The van der Waals surface area contributed by atoms with E-state index in [1.165, 1.54) is 14.0 Å². The Kier molecular flexibility index (Phi) is 6.72. The second-order valence-electron chi connectivity index (χ2n) is 4.72. The summed E-state index contributed by atoms with van der Waals surface area (Å²) < 4.78 is 25.3. The van der Waals surface area contributed by atoms with Gasteiger partial charge in [0.2, 0.25) is 0 Å². The summed E-state index contributed by atoms with van der Waals surface area (Å²) in [4.78, 5) is 33.2. The predicted octanol–water partition coefficient (Wildman–Crippen LogP) is -0.855. The summed E-state index contributed by atoms with van der Waals surface area (Å²) in [5, 5.41) is 10.3. The van der Waals surface area contributed by atoms with E-state index in [-0.39, 0.29) is 6.61 Å². The molecule has 0 unspecified atom stereocenters. The van der Waals surface area contributed by atoms with Gasteiger partial charge in [-0.15, -0.1) is 0 Å². The molecule has 9 nitrogen and oxygen atoms in total. The van der Waals surface area contributed by atoms with Gasteiger partial charge in [0.15, 0.2) is 18.5 Å². The molecule has 1 aliphatic rings. The van der Waals surface area contributed by atoms with Crippen LogP contribution in [0.1, 0.15) is 20.8 Å². The lowest BCUT2D eigenvalue weighted by atomic mass is 9.98. The van der Waals surface area contributed by atoms with Gasteiger partial charge in [0, 0.05) is 27.9 Å². The number of methoxy groups -OCH3 is 1. The van der Waals surface area contributed by atoms with Crippen LogP contribution in [0.4, 0.5) is 0 Å². The van der Waals surface area contributed by atoms with Crippen LogP contribution in [0, 0.1) is 0 Å². The smallest absolute Gasteiger partial charge is 0.303 e. The van der Waals surface area contributed by atoms with E-state index in [0.717, 1.165) is 13.8 Å². The first-order valence-electron chi connectivity index (χ1n) is 6.60. The van der Waals surface area contributed by atoms with Crippen LogP contribution in [0.2, 0.25) is 0 Å². The van der Waals surface area contributed by atoms with Gasteiger partial charge in [-0.2, -0.15) is 0 Å². The summed E-state index contributed by atoms with van der Waals surface area (Å²) in [6.07, 6.45) is -5.80. The quantitative estimate of drug-likeness (QED) is 0.510. The Hall–Kier alpha value is -1.71. The van der Waals surface area contributed by atoms with Crippen molar-refractivity contribution in [2.75, 3.05) is 13.7 Å². The Labute approximate surface area is 127 Å². The maximum Gasteiger partial charge on any atom is 0.303 e. The van der Waals surface area contributed by atoms with Gasteiger partial charge in [-0.1, -0.05) is 0 Å². The van der Waals surface area contributed by atoms with Crippen LogP contribution in [0.25, 0.3) is 0 Å². The fourth-order valence-electron chi connectivity index (χ4n) is 2.07. The molecule has 0 radical (unpaired) electrons. The fourth-order valence-corrected chi connectivity index (χ4v) is 2.07. The maximum absolute atomic E-state index is 11.2. The zero-order chi connectivity index (χ0) is 16.9. The van der Waals surface area contributed by atoms with Gasteiger partial charge in [0.1, 0.15) is 18.8 Å². The summed E-state index contributed by atoms with van der Waals surface area (Å²) in [6.45, 7) is 3.26. The molecule has 1 heterocycles. The zero-order valence-corrected chi connectivity index (χ0v) is 12.8. The maximum atomic E-state index is 11.2. The number of aliphatic hydroxyl groups is 1. The van der Waals surface area contributed by atoms with Crippen molar-refractivity contribution in [1.82, 2.24) is 0 Å². The van der Waals surface area contributed by atoms with Crippen LogP contribution in [0.3, 0.4) is 0 Å². The van der Waals surface area contributed by atoms with Crippen molar-refractivity contribution in [1.29, 1.82) is 0 Å². The number of hydrogen-bond acceptors (Lipinski definition) is 9. The third-order valence-electron chi connectivity index (χ3n) is 2.90. The van der Waals surface area contributed by atoms with Crippen LogP contribution in [-0.2, 0) is 38.1 Å². The van der Waals surface area contributed by atoms with Crippen molar-refractivity contribution in [3.05, 3.63) is 0 Å². The zero-order valence-electron chi connectivity index (χ0n) is 12.8. The molecule has 0 bridgehead atoms. The standard InChI is InChI=1S/C13H20O9/c1-6(14)19-5-9-11(20-7(2)15)10(17)12(21-8(3)16)13(18-4)22-9/h9-13,17H,5H2,1-4H3/t9-,10+,11-,12-,13-/m1/s1. The van der Waals surface area contributed by atoms with Crippen molar-refractivity contribution < 1.29 is 43.2 Å². The fraction of sp³-hybridized carbons (Fsp3) is 0.769. The first-order chi connectivity index (χ1) is 10.3. The number of esters is 3. The van der Waals surface area contributed by atoms with Gasteiger partial charge in [-0.25, -0.2) is 0 Å². The number of aliphatic hydroxyl groups excluding tert-OH is 1. The number of rotatable bonds is 5. The van der Waals surface area contributed by atoms with E-state index in [9.17, 15) is 19.5 Å². The number of carbonyl (C=O) groups is 3. The lowest BCUT2D eigenvalue weighted by Gasteiger charge is -2.42. The van der Waals surface area contributed by atoms with Crippen molar-refractivity contribution >= 4 is 17.9 Å². The molecule has 0 aromatic rings. The van der Waals surface area contributed by atoms with Gasteiger partial charge >= 0.3 is 17.9 Å². The molecular formula is C13H20O9. The van der Waals surface area contributed by atoms with E-state index in [1.54, 1.807) is 0 Å². The number of hydrogen-bond donors (Lipinski definition) is 1. The van der Waals surface area contributed by atoms with Gasteiger partial charge in [-0.3, -0.25) is 14.4 Å². The Bertz CT molecular complexity index is 420. The van der Waals surface area contributed by atoms with Crippen LogP contribution in [0.15, 0.2) is 0 Å². The molecule has 0 amide bonds. The second-order valence-corrected chi connectivity index (χ2v) is 4.72. The van der Waals surface area contributed by atoms with E-state index >= 15 is 0 Å². The topological polar surface area (TPSA) is 118 Å². The highest BCUT2D eigenvalue weighted by Gasteiger charge is 2.49. The molecule has 0 aromatic heterocycles. The van der Waals surface area contributed by atoms with Crippen molar-refractivity contribution in [3.8, 4) is 0 Å². The molecular weight excluding hydrogens is 300 g/mol. The Balaban J connectivity index is 2.94. The van der Waals surface area contributed by atoms with E-state index in [2.05, 4.69) is 0 Å². The molecule has 5 atom stereocenters. The molecule has 9 heteroatoms. The van der Waals surface area contributed by atoms with E-state index in [0.29, 0.717) is 0 Å². The van der Waals surface area contributed by atoms with E-state index in [4.69, 9.17) is 23.7 Å². The van der Waals surface area contributed by atoms with Gasteiger partial charge < -0.3 is 28.8 Å². The predicted molar refractivity (Wildman–Crippen MR) is 69.4 cm³/mol. The largest absolute Gasteiger partial charge is 0.463 e. The molecule has 1 fully saturated rings. The van der Waals surface area contributed by atoms with E-state index < -0.39 is 48.6 Å². The molecule has 0 spiro atoms. The van der Waals surface area contributed by atoms with Crippen LogP contribution in [0.5, 0.6) is 0 Å². The summed E-state index contributed by atoms with van der Waals surface area (Å²) in [7, 11) is 1.29. The van der Waals surface area contributed by atoms with Crippen molar-refractivity contribution in [2.24, 2.45) is 0 Å². The Morgan fingerprint density at radius 1 is 1.00 bits per heavy atom. The summed E-state index contributed by atoms with van der Waals surface area (Å²) in [5.41, 5.74) is 0. The van der Waals surface area contributed by atoms with Crippen LogP contribution >= 0.6 is 0 Å². The third-order valence-corrected chi connectivity index (χ3v) is 2.90. The summed E-state index contributed by atoms with van der Waals surface area (Å²) in [5.74, 6) is -1.89. The minimum absolute atomic E-state index is 0.253. The summed E-state index contributed by atoms with van der Waals surface area (Å²) in [6, 6.07) is 0. The van der Waals surface area contributed by atoms with E-state index in [1.807, 2.05) is 0 Å². The first-order valence-corrected chi connectivity index (χ1v) is 6.60. The molecule has 1 rings (SSSR count). The van der Waals surface area contributed by atoms with Gasteiger partial charge in [0.25, 0.3) is 0 Å². The molecule has 1 saturated heterocycles.